The van der Waals surface area contributed by atoms with E-state index in [2.05, 4.69) is 0 Å². The van der Waals surface area contributed by atoms with Crippen LogP contribution in [0.3, 0.4) is 0 Å². The fourth-order valence-corrected chi connectivity index (χ4v) is 2.12. The summed E-state index contributed by atoms with van der Waals surface area (Å²) in [5.74, 6) is -2.95. The van der Waals surface area contributed by atoms with E-state index < -0.39 is 35.6 Å². The third-order valence-electron chi connectivity index (χ3n) is 3.23. The number of carbonyl (C=O) groups excluding carboxylic acids is 2. The molecule has 108 valence electrons. The maximum Gasteiger partial charge on any atom is 0.259 e. The molecule has 1 aromatic carbocycles. The second-order valence-electron chi connectivity index (χ2n) is 4.43. The van der Waals surface area contributed by atoms with E-state index in [9.17, 15) is 18.4 Å². The molecule has 0 bridgehead atoms. The summed E-state index contributed by atoms with van der Waals surface area (Å²) < 4.78 is 27.1. The Labute approximate surface area is 114 Å². The highest BCUT2D eigenvalue weighted by molar-refractivity contribution is 5.95. The first-order chi connectivity index (χ1) is 9.54. The minimum absolute atomic E-state index is 0.179. The second-order valence-corrected chi connectivity index (χ2v) is 4.43. The molecule has 0 radical (unpaired) electrons. The van der Waals surface area contributed by atoms with Crippen molar-refractivity contribution >= 4 is 11.8 Å². The first kappa shape index (κ1) is 14.4. The molecular formula is C13H14F2N2O3. The average molecular weight is 284 g/mol. The number of aliphatic hydroxyl groups excluding tert-OH is 1. The Hall–Kier alpha value is -2.02. The topological polar surface area (TPSA) is 60.9 Å². The monoisotopic (exact) mass is 284 g/mol. The summed E-state index contributed by atoms with van der Waals surface area (Å²) in [5, 5.41) is 8.74. The summed E-state index contributed by atoms with van der Waals surface area (Å²) in [6.07, 6.45) is 0. The zero-order valence-electron chi connectivity index (χ0n) is 10.7. The standard InChI is InChI=1S/C13H14F2N2O3/c14-9-2-1-3-10(15)12(9)13(20)17-6-4-16(5-7-17)11(19)8-18/h1-3,18H,4-8H2. The fourth-order valence-electron chi connectivity index (χ4n) is 2.12. The Morgan fingerprint density at radius 3 is 2.05 bits per heavy atom. The number of benzene rings is 1. The van der Waals surface area contributed by atoms with Gasteiger partial charge in [-0.1, -0.05) is 6.07 Å². The molecule has 5 nitrogen and oxygen atoms in total. The van der Waals surface area contributed by atoms with Gasteiger partial charge in [0.1, 0.15) is 23.8 Å². The Morgan fingerprint density at radius 1 is 1.05 bits per heavy atom. The highest BCUT2D eigenvalue weighted by atomic mass is 19.1. The van der Waals surface area contributed by atoms with Gasteiger partial charge in [0.2, 0.25) is 5.91 Å². The smallest absolute Gasteiger partial charge is 0.259 e. The molecule has 0 saturated carbocycles. The van der Waals surface area contributed by atoms with Crippen molar-refractivity contribution in [3.63, 3.8) is 0 Å². The number of piperazine rings is 1. The number of hydrogen-bond donors (Lipinski definition) is 1. The van der Waals surface area contributed by atoms with Crippen LogP contribution in [0.2, 0.25) is 0 Å². The van der Waals surface area contributed by atoms with Crippen molar-refractivity contribution in [3.05, 3.63) is 35.4 Å². The molecule has 1 aromatic rings. The van der Waals surface area contributed by atoms with Crippen molar-refractivity contribution in [1.29, 1.82) is 0 Å². The van der Waals surface area contributed by atoms with E-state index in [1.54, 1.807) is 0 Å². The predicted octanol–water partition coefficient (Wildman–Crippen LogP) is 0.242. The van der Waals surface area contributed by atoms with E-state index in [1.165, 1.54) is 15.9 Å². The number of rotatable bonds is 2. The Morgan fingerprint density at radius 2 is 1.55 bits per heavy atom. The first-order valence-corrected chi connectivity index (χ1v) is 6.16. The fraction of sp³-hybridized carbons (Fsp3) is 0.385. The van der Waals surface area contributed by atoms with Crippen LogP contribution < -0.4 is 0 Å². The Kier molecular flexibility index (Phi) is 4.29. The molecule has 1 saturated heterocycles. The molecule has 0 spiro atoms. The summed E-state index contributed by atoms with van der Waals surface area (Å²) >= 11 is 0. The molecule has 2 amide bonds. The second kappa shape index (κ2) is 5.96. The van der Waals surface area contributed by atoms with Gasteiger partial charge in [-0.3, -0.25) is 9.59 Å². The molecule has 1 aliphatic rings. The van der Waals surface area contributed by atoms with E-state index in [0.717, 1.165) is 12.1 Å². The van der Waals surface area contributed by atoms with Gasteiger partial charge in [0.15, 0.2) is 0 Å². The predicted molar refractivity (Wildman–Crippen MR) is 65.9 cm³/mol. The van der Waals surface area contributed by atoms with Crippen LogP contribution in [-0.4, -0.2) is 59.5 Å². The van der Waals surface area contributed by atoms with Crippen LogP contribution in [0.15, 0.2) is 18.2 Å². The normalized spacial score (nSPS) is 15.3. The van der Waals surface area contributed by atoms with Crippen molar-refractivity contribution in [2.75, 3.05) is 32.8 Å². The molecule has 1 fully saturated rings. The molecule has 1 aliphatic heterocycles. The van der Waals surface area contributed by atoms with E-state index in [4.69, 9.17) is 5.11 Å². The molecule has 0 atom stereocenters. The molecule has 2 rings (SSSR count). The van der Waals surface area contributed by atoms with Crippen LogP contribution in [0.5, 0.6) is 0 Å². The number of hydrogen-bond acceptors (Lipinski definition) is 3. The summed E-state index contributed by atoms with van der Waals surface area (Å²) in [6, 6.07) is 3.25. The molecule has 0 aliphatic carbocycles. The Balaban J connectivity index is 2.07. The van der Waals surface area contributed by atoms with E-state index >= 15 is 0 Å². The van der Waals surface area contributed by atoms with Gasteiger partial charge in [-0.15, -0.1) is 0 Å². The summed E-state index contributed by atoms with van der Waals surface area (Å²) in [7, 11) is 0. The largest absolute Gasteiger partial charge is 0.387 e. The van der Waals surface area contributed by atoms with Crippen LogP contribution >= 0.6 is 0 Å². The number of carbonyl (C=O) groups is 2. The third-order valence-corrected chi connectivity index (χ3v) is 3.23. The van der Waals surface area contributed by atoms with Crippen molar-refractivity contribution in [3.8, 4) is 0 Å². The Bertz CT molecular complexity index is 508. The minimum Gasteiger partial charge on any atom is -0.387 e. The maximum absolute atomic E-state index is 13.5. The van der Waals surface area contributed by atoms with Gasteiger partial charge < -0.3 is 14.9 Å². The van der Waals surface area contributed by atoms with Gasteiger partial charge in [-0.05, 0) is 12.1 Å². The van der Waals surface area contributed by atoms with E-state index in [0.29, 0.717) is 0 Å². The van der Waals surface area contributed by atoms with Crippen molar-refractivity contribution in [2.24, 2.45) is 0 Å². The number of aliphatic hydroxyl groups is 1. The minimum atomic E-state index is -0.899. The molecular weight excluding hydrogens is 270 g/mol. The van der Waals surface area contributed by atoms with Gasteiger partial charge in [-0.25, -0.2) is 8.78 Å². The van der Waals surface area contributed by atoms with Gasteiger partial charge in [0.25, 0.3) is 5.91 Å². The average Bonchev–Trinajstić information content (AvgIpc) is 2.46. The molecule has 20 heavy (non-hydrogen) atoms. The maximum atomic E-state index is 13.5. The quantitative estimate of drug-likeness (QED) is 0.846. The molecule has 1 N–H and O–H groups in total. The van der Waals surface area contributed by atoms with Crippen LogP contribution in [0.25, 0.3) is 0 Å². The zero-order chi connectivity index (χ0) is 14.7. The molecule has 7 heteroatoms. The van der Waals surface area contributed by atoms with Crippen LogP contribution in [0.1, 0.15) is 10.4 Å². The lowest BCUT2D eigenvalue weighted by atomic mass is 10.1. The van der Waals surface area contributed by atoms with Crippen LogP contribution in [0, 0.1) is 11.6 Å². The molecule has 0 unspecified atom stereocenters. The highest BCUT2D eigenvalue weighted by Crippen LogP contribution is 2.16. The van der Waals surface area contributed by atoms with Gasteiger partial charge in [-0.2, -0.15) is 0 Å². The first-order valence-electron chi connectivity index (χ1n) is 6.16. The molecule has 1 heterocycles. The van der Waals surface area contributed by atoms with Crippen molar-refractivity contribution in [2.45, 2.75) is 0 Å². The highest BCUT2D eigenvalue weighted by Gasteiger charge is 2.27. The summed E-state index contributed by atoms with van der Waals surface area (Å²) in [6.45, 7) is 0.245. The van der Waals surface area contributed by atoms with Crippen molar-refractivity contribution < 1.29 is 23.5 Å². The van der Waals surface area contributed by atoms with Crippen molar-refractivity contribution in [1.82, 2.24) is 9.80 Å². The number of nitrogens with zero attached hydrogens (tertiary/aromatic N) is 2. The van der Waals surface area contributed by atoms with Gasteiger partial charge >= 0.3 is 0 Å². The van der Waals surface area contributed by atoms with Crippen LogP contribution in [0.4, 0.5) is 8.78 Å². The van der Waals surface area contributed by atoms with Crippen LogP contribution in [-0.2, 0) is 4.79 Å². The number of amides is 2. The molecule has 0 aromatic heterocycles. The lowest BCUT2D eigenvalue weighted by molar-refractivity contribution is -0.135. The third kappa shape index (κ3) is 2.77. The van der Waals surface area contributed by atoms with E-state index in [1.807, 2.05) is 0 Å². The summed E-state index contributed by atoms with van der Waals surface area (Å²) in [4.78, 5) is 26.1. The number of halogens is 2. The lowest BCUT2D eigenvalue weighted by Crippen LogP contribution is -2.51. The van der Waals surface area contributed by atoms with E-state index in [-0.39, 0.29) is 26.2 Å². The van der Waals surface area contributed by atoms with Gasteiger partial charge in [0, 0.05) is 26.2 Å². The SMILES string of the molecule is O=C(CO)N1CCN(C(=O)c2c(F)cccc2F)CC1. The van der Waals surface area contributed by atoms with Gasteiger partial charge in [0.05, 0.1) is 0 Å². The lowest BCUT2D eigenvalue weighted by Gasteiger charge is -2.34. The summed E-state index contributed by atoms with van der Waals surface area (Å²) in [5.41, 5.74) is -0.575. The zero-order valence-corrected chi connectivity index (χ0v) is 10.7.